The molecule has 0 fully saturated rings. The van der Waals surface area contributed by atoms with Crippen molar-refractivity contribution in [2.45, 2.75) is 64.0 Å². The molecule has 0 radical (unpaired) electrons. The molecule has 7 nitrogen and oxygen atoms in total. The van der Waals surface area contributed by atoms with Gasteiger partial charge in [0.15, 0.2) is 0 Å². The first-order valence-electron chi connectivity index (χ1n) is 11.2. The van der Waals surface area contributed by atoms with Gasteiger partial charge in [0.05, 0.1) is 0 Å². The highest BCUT2D eigenvalue weighted by Crippen LogP contribution is 2.44. The van der Waals surface area contributed by atoms with E-state index >= 15 is 0 Å². The molecule has 1 aliphatic carbocycles. The summed E-state index contributed by atoms with van der Waals surface area (Å²) in [6.07, 6.45) is -0.105. The number of ether oxygens (including phenoxy) is 1. The number of hydrogen-bond donors (Lipinski definition) is 3. The van der Waals surface area contributed by atoms with Gasteiger partial charge in [-0.25, -0.2) is 4.79 Å². The minimum Gasteiger partial charge on any atom is -0.481 e. The summed E-state index contributed by atoms with van der Waals surface area (Å²) in [5.41, 5.74) is 2.59. The molecule has 0 bridgehead atoms. The van der Waals surface area contributed by atoms with E-state index in [1.807, 2.05) is 36.4 Å². The molecule has 2 aromatic rings. The van der Waals surface area contributed by atoms with Gasteiger partial charge in [-0.05, 0) is 55.9 Å². The molecule has 176 valence electrons. The van der Waals surface area contributed by atoms with Gasteiger partial charge in [0, 0.05) is 17.9 Å². The minimum absolute atomic E-state index is 0.0596. The van der Waals surface area contributed by atoms with E-state index in [9.17, 15) is 14.4 Å². The maximum Gasteiger partial charge on any atom is 0.408 e. The fraction of sp³-hybridized carbons (Fsp3) is 0.423. The number of carbonyl (C=O) groups is 3. The summed E-state index contributed by atoms with van der Waals surface area (Å²) >= 11 is 0. The third-order valence-electron chi connectivity index (χ3n) is 6.35. The van der Waals surface area contributed by atoms with E-state index in [0.29, 0.717) is 6.42 Å². The van der Waals surface area contributed by atoms with E-state index in [0.717, 1.165) is 22.3 Å². The number of alkyl carbamates (subject to hydrolysis) is 1. The summed E-state index contributed by atoms with van der Waals surface area (Å²) in [4.78, 5) is 36.5. The fourth-order valence-corrected chi connectivity index (χ4v) is 4.09. The van der Waals surface area contributed by atoms with Crippen molar-refractivity contribution in [3.8, 4) is 11.1 Å². The topological polar surface area (TPSA) is 105 Å². The monoisotopic (exact) mass is 452 g/mol. The van der Waals surface area contributed by atoms with Crippen molar-refractivity contribution in [1.82, 2.24) is 10.6 Å². The Morgan fingerprint density at radius 2 is 1.48 bits per heavy atom. The van der Waals surface area contributed by atoms with Crippen molar-refractivity contribution >= 4 is 18.0 Å². The van der Waals surface area contributed by atoms with Gasteiger partial charge in [0.1, 0.15) is 12.1 Å². The van der Waals surface area contributed by atoms with Crippen LogP contribution in [0.1, 0.15) is 64.0 Å². The van der Waals surface area contributed by atoms with Gasteiger partial charge in [0.25, 0.3) is 0 Å². The van der Waals surface area contributed by atoms with Gasteiger partial charge in [-0.1, -0.05) is 55.5 Å². The lowest BCUT2D eigenvalue weighted by Crippen LogP contribution is -2.60. The van der Waals surface area contributed by atoms with Crippen LogP contribution in [0.15, 0.2) is 48.5 Å². The first-order chi connectivity index (χ1) is 15.6. The molecule has 0 heterocycles. The van der Waals surface area contributed by atoms with Crippen molar-refractivity contribution in [2.75, 3.05) is 6.61 Å². The Bertz CT molecular complexity index is 1000. The molecule has 0 spiro atoms. The van der Waals surface area contributed by atoms with Crippen LogP contribution in [-0.4, -0.2) is 40.8 Å². The number of rotatable bonds is 9. The van der Waals surface area contributed by atoms with Gasteiger partial charge in [-0.15, -0.1) is 0 Å². The molecule has 1 atom stereocenters. The molecule has 3 rings (SSSR count). The van der Waals surface area contributed by atoms with Gasteiger partial charge in [0.2, 0.25) is 5.91 Å². The Morgan fingerprint density at radius 1 is 0.939 bits per heavy atom. The lowest BCUT2D eigenvalue weighted by atomic mass is 9.93. The average molecular weight is 453 g/mol. The summed E-state index contributed by atoms with van der Waals surface area (Å²) in [6.45, 7) is 7.12. The number of carbonyl (C=O) groups excluding carboxylic acids is 2. The molecule has 2 amide bonds. The lowest BCUT2D eigenvalue weighted by Gasteiger charge is -2.34. The van der Waals surface area contributed by atoms with Crippen LogP contribution in [0.2, 0.25) is 0 Å². The summed E-state index contributed by atoms with van der Waals surface area (Å²) in [5.74, 6) is -1.37. The first kappa shape index (κ1) is 24.3. The van der Waals surface area contributed by atoms with Gasteiger partial charge < -0.3 is 20.5 Å². The molecule has 2 aromatic carbocycles. The summed E-state index contributed by atoms with van der Waals surface area (Å²) in [6, 6.07) is 16.2. The smallest absolute Gasteiger partial charge is 0.408 e. The maximum absolute atomic E-state index is 13.0. The molecular formula is C26H32N2O5. The second-order valence-electron chi connectivity index (χ2n) is 9.37. The molecule has 3 N–H and O–H groups in total. The summed E-state index contributed by atoms with van der Waals surface area (Å²) < 4.78 is 5.59. The molecule has 0 aliphatic heterocycles. The SMILES string of the molecule is CCC(C)(NC(=O)OCC1c2ccccc2-c2ccccc21)C(=O)NC(C)(C)CCC(=O)O. The predicted octanol–water partition coefficient (Wildman–Crippen LogP) is 4.45. The second kappa shape index (κ2) is 9.65. The molecule has 0 saturated carbocycles. The van der Waals surface area contributed by atoms with Gasteiger partial charge in [-0.3, -0.25) is 9.59 Å². The molecule has 7 heteroatoms. The third-order valence-corrected chi connectivity index (χ3v) is 6.35. The predicted molar refractivity (Wildman–Crippen MR) is 126 cm³/mol. The number of hydrogen-bond acceptors (Lipinski definition) is 4. The first-order valence-corrected chi connectivity index (χ1v) is 11.2. The van der Waals surface area contributed by atoms with E-state index in [1.165, 1.54) is 0 Å². The summed E-state index contributed by atoms with van der Waals surface area (Å²) in [5, 5.41) is 14.5. The zero-order valence-corrected chi connectivity index (χ0v) is 19.6. The molecule has 1 aliphatic rings. The number of fused-ring (bicyclic) bond motifs is 3. The molecule has 33 heavy (non-hydrogen) atoms. The van der Waals surface area contributed by atoms with E-state index < -0.39 is 23.1 Å². The zero-order valence-electron chi connectivity index (χ0n) is 19.6. The molecule has 1 unspecified atom stereocenters. The highest BCUT2D eigenvalue weighted by molar-refractivity contribution is 5.90. The molecular weight excluding hydrogens is 420 g/mol. The Morgan fingerprint density at radius 3 is 2.00 bits per heavy atom. The van der Waals surface area contributed by atoms with Crippen LogP contribution >= 0.6 is 0 Å². The van der Waals surface area contributed by atoms with Crippen LogP contribution in [0, 0.1) is 0 Å². The largest absolute Gasteiger partial charge is 0.481 e. The van der Waals surface area contributed by atoms with Crippen LogP contribution < -0.4 is 10.6 Å². The van der Waals surface area contributed by atoms with Crippen LogP contribution in [-0.2, 0) is 14.3 Å². The van der Waals surface area contributed by atoms with Gasteiger partial charge in [-0.2, -0.15) is 0 Å². The Hall–Kier alpha value is -3.35. The standard InChI is InChI=1S/C26H32N2O5/c1-5-26(4,23(31)27-25(2,3)15-14-22(29)30)28-24(32)33-16-21-19-12-8-6-10-17(19)18-11-7-9-13-20(18)21/h6-13,21H,5,14-16H2,1-4H3,(H,27,31)(H,28,32)(H,29,30). The van der Waals surface area contributed by atoms with Gasteiger partial charge >= 0.3 is 12.1 Å². The van der Waals surface area contributed by atoms with Crippen molar-refractivity contribution < 1.29 is 24.2 Å². The average Bonchev–Trinajstić information content (AvgIpc) is 3.10. The lowest BCUT2D eigenvalue weighted by molar-refractivity contribution is -0.138. The quantitative estimate of drug-likeness (QED) is 0.521. The van der Waals surface area contributed by atoms with Crippen molar-refractivity contribution in [1.29, 1.82) is 0 Å². The van der Waals surface area contributed by atoms with Crippen molar-refractivity contribution in [2.24, 2.45) is 0 Å². The highest BCUT2D eigenvalue weighted by atomic mass is 16.5. The number of nitrogens with one attached hydrogen (secondary N) is 2. The van der Waals surface area contributed by atoms with Crippen LogP contribution in [0.4, 0.5) is 4.79 Å². The zero-order chi connectivity index (χ0) is 24.2. The van der Waals surface area contributed by atoms with Crippen LogP contribution in [0.25, 0.3) is 11.1 Å². The molecule has 0 aromatic heterocycles. The van der Waals surface area contributed by atoms with E-state index in [-0.39, 0.29) is 31.3 Å². The Kier molecular flexibility index (Phi) is 7.10. The summed E-state index contributed by atoms with van der Waals surface area (Å²) in [7, 11) is 0. The van der Waals surface area contributed by atoms with E-state index in [2.05, 4.69) is 22.8 Å². The normalized spacial score (nSPS) is 14.5. The second-order valence-corrected chi connectivity index (χ2v) is 9.37. The number of benzene rings is 2. The Labute approximate surface area is 194 Å². The maximum atomic E-state index is 13.0. The highest BCUT2D eigenvalue weighted by Gasteiger charge is 2.37. The van der Waals surface area contributed by atoms with Crippen molar-refractivity contribution in [3.63, 3.8) is 0 Å². The number of aliphatic carboxylic acids is 1. The minimum atomic E-state index is -1.19. The third kappa shape index (κ3) is 5.53. The van der Waals surface area contributed by atoms with Crippen molar-refractivity contribution in [3.05, 3.63) is 59.7 Å². The number of carboxylic acid groups (broad SMARTS) is 1. The Balaban J connectivity index is 1.64. The molecule has 0 saturated heterocycles. The van der Waals surface area contributed by atoms with Crippen LogP contribution in [0.3, 0.4) is 0 Å². The number of carboxylic acids is 1. The number of amides is 2. The van der Waals surface area contributed by atoms with E-state index in [1.54, 1.807) is 27.7 Å². The fourth-order valence-electron chi connectivity index (χ4n) is 4.09. The van der Waals surface area contributed by atoms with E-state index in [4.69, 9.17) is 9.84 Å². The van der Waals surface area contributed by atoms with Crippen LogP contribution in [0.5, 0.6) is 0 Å².